The summed E-state index contributed by atoms with van der Waals surface area (Å²) >= 11 is 1.84. The van der Waals surface area contributed by atoms with Crippen LogP contribution in [0.5, 0.6) is 0 Å². The molecule has 2 aromatic rings. The Morgan fingerprint density at radius 2 is 2.12 bits per heavy atom. The van der Waals surface area contributed by atoms with Crippen LogP contribution in [0.4, 0.5) is 0 Å². The largest absolute Gasteiger partial charge is 0.327 e. The topological polar surface area (TPSA) is 26.0 Å². The second-order valence-corrected chi connectivity index (χ2v) is 6.17. The Morgan fingerprint density at radius 1 is 1.29 bits per heavy atom. The van der Waals surface area contributed by atoms with Crippen LogP contribution in [-0.4, -0.2) is 6.04 Å². The van der Waals surface area contributed by atoms with Gasteiger partial charge in [0.15, 0.2) is 0 Å². The van der Waals surface area contributed by atoms with Crippen LogP contribution in [0.3, 0.4) is 0 Å². The minimum atomic E-state index is 0.346. The minimum Gasteiger partial charge on any atom is -0.327 e. The molecule has 1 saturated carbocycles. The number of nitrogens with two attached hydrogens (primary N) is 1. The van der Waals surface area contributed by atoms with Crippen LogP contribution < -0.4 is 5.73 Å². The summed E-state index contributed by atoms with van der Waals surface area (Å²) in [6.07, 6.45) is 6.47. The zero-order valence-electron chi connectivity index (χ0n) is 10.1. The Balaban J connectivity index is 1.71. The molecule has 1 unspecified atom stereocenters. The Morgan fingerprint density at radius 3 is 2.88 bits per heavy atom. The lowest BCUT2D eigenvalue weighted by atomic mass is 9.80. The van der Waals surface area contributed by atoms with Crippen LogP contribution in [0.25, 0.3) is 10.1 Å². The van der Waals surface area contributed by atoms with E-state index in [1.54, 1.807) is 0 Å². The molecule has 2 N–H and O–H groups in total. The molecule has 0 radical (unpaired) electrons. The van der Waals surface area contributed by atoms with Crippen molar-refractivity contribution in [1.29, 1.82) is 0 Å². The van der Waals surface area contributed by atoms with Crippen LogP contribution in [0.15, 0.2) is 29.6 Å². The second kappa shape index (κ2) is 4.79. The number of rotatable bonds is 4. The smallest absolute Gasteiger partial charge is 0.0345 e. The van der Waals surface area contributed by atoms with Gasteiger partial charge in [-0.2, -0.15) is 0 Å². The van der Waals surface area contributed by atoms with E-state index in [0.717, 1.165) is 12.3 Å². The molecular weight excluding hydrogens is 226 g/mol. The molecule has 0 aliphatic heterocycles. The Hall–Kier alpha value is -0.860. The van der Waals surface area contributed by atoms with Crippen LogP contribution in [0, 0.1) is 5.92 Å². The van der Waals surface area contributed by atoms with E-state index in [-0.39, 0.29) is 0 Å². The van der Waals surface area contributed by atoms with E-state index in [2.05, 4.69) is 29.6 Å². The molecule has 1 aliphatic carbocycles. The molecule has 1 aliphatic rings. The minimum absolute atomic E-state index is 0.346. The first-order valence-corrected chi connectivity index (χ1v) is 7.41. The fourth-order valence-corrected chi connectivity index (χ4v) is 3.69. The van der Waals surface area contributed by atoms with Crippen molar-refractivity contribution >= 4 is 21.4 Å². The van der Waals surface area contributed by atoms with Crippen LogP contribution in [-0.2, 0) is 6.42 Å². The molecule has 0 spiro atoms. The molecule has 0 bridgehead atoms. The van der Waals surface area contributed by atoms with Crippen LogP contribution >= 0.6 is 11.3 Å². The third kappa shape index (κ3) is 2.38. The molecule has 3 rings (SSSR count). The van der Waals surface area contributed by atoms with E-state index < -0.39 is 0 Å². The first kappa shape index (κ1) is 11.2. The Kier molecular flexibility index (Phi) is 3.17. The van der Waals surface area contributed by atoms with Crippen molar-refractivity contribution in [2.24, 2.45) is 11.7 Å². The summed E-state index contributed by atoms with van der Waals surface area (Å²) in [5.41, 5.74) is 7.71. The van der Waals surface area contributed by atoms with E-state index in [4.69, 9.17) is 5.73 Å². The van der Waals surface area contributed by atoms with Gasteiger partial charge in [0, 0.05) is 10.7 Å². The predicted molar refractivity (Wildman–Crippen MR) is 75.5 cm³/mol. The fraction of sp³-hybridized carbons (Fsp3) is 0.467. The maximum atomic E-state index is 6.27. The van der Waals surface area contributed by atoms with Gasteiger partial charge in [-0.05, 0) is 41.2 Å². The molecule has 1 nitrogen and oxygen atoms in total. The molecule has 90 valence electrons. The van der Waals surface area contributed by atoms with Gasteiger partial charge in [-0.25, -0.2) is 0 Å². The number of hydrogen-bond donors (Lipinski definition) is 1. The van der Waals surface area contributed by atoms with Crippen molar-refractivity contribution in [1.82, 2.24) is 0 Å². The molecule has 0 saturated heterocycles. The number of fused-ring (bicyclic) bond motifs is 1. The van der Waals surface area contributed by atoms with Crippen molar-refractivity contribution in [2.45, 2.75) is 38.1 Å². The lowest BCUT2D eigenvalue weighted by molar-refractivity contribution is 0.275. The highest BCUT2D eigenvalue weighted by molar-refractivity contribution is 7.17. The molecule has 0 amide bonds. The first-order chi connectivity index (χ1) is 8.33. The number of benzene rings is 1. The molecule has 1 heterocycles. The zero-order chi connectivity index (χ0) is 11.7. The van der Waals surface area contributed by atoms with Crippen molar-refractivity contribution in [3.05, 3.63) is 35.2 Å². The fourth-order valence-electron chi connectivity index (χ4n) is 2.71. The SMILES string of the molecule is NC(Cc1csc2ccccc12)CC1CCC1. The summed E-state index contributed by atoms with van der Waals surface area (Å²) in [4.78, 5) is 0. The van der Waals surface area contributed by atoms with Crippen LogP contribution in [0.1, 0.15) is 31.2 Å². The maximum Gasteiger partial charge on any atom is 0.0345 e. The van der Waals surface area contributed by atoms with Gasteiger partial charge < -0.3 is 5.73 Å². The van der Waals surface area contributed by atoms with E-state index in [1.165, 1.54) is 41.3 Å². The van der Waals surface area contributed by atoms with Gasteiger partial charge in [0.25, 0.3) is 0 Å². The lowest BCUT2D eigenvalue weighted by Gasteiger charge is -2.28. The highest BCUT2D eigenvalue weighted by atomic mass is 32.1. The van der Waals surface area contributed by atoms with E-state index in [9.17, 15) is 0 Å². The van der Waals surface area contributed by atoms with Crippen molar-refractivity contribution in [3.63, 3.8) is 0 Å². The van der Waals surface area contributed by atoms with Gasteiger partial charge in [-0.3, -0.25) is 0 Å². The van der Waals surface area contributed by atoms with Gasteiger partial charge in [0.1, 0.15) is 0 Å². The summed E-state index contributed by atoms with van der Waals surface area (Å²) in [6, 6.07) is 8.99. The predicted octanol–water partition coefficient (Wildman–Crippen LogP) is 3.96. The monoisotopic (exact) mass is 245 g/mol. The zero-order valence-corrected chi connectivity index (χ0v) is 10.9. The van der Waals surface area contributed by atoms with E-state index in [0.29, 0.717) is 6.04 Å². The molecule has 1 fully saturated rings. The normalized spacial score (nSPS) is 18.2. The summed E-state index contributed by atoms with van der Waals surface area (Å²) in [7, 11) is 0. The molecule has 2 heteroatoms. The van der Waals surface area contributed by atoms with E-state index in [1.807, 2.05) is 11.3 Å². The van der Waals surface area contributed by atoms with Crippen LogP contribution in [0.2, 0.25) is 0 Å². The highest BCUT2D eigenvalue weighted by Crippen LogP contribution is 2.32. The molecule has 17 heavy (non-hydrogen) atoms. The summed E-state index contributed by atoms with van der Waals surface area (Å²) < 4.78 is 1.39. The molecule has 1 aromatic heterocycles. The number of hydrogen-bond acceptors (Lipinski definition) is 2. The Labute approximate surface area is 107 Å². The van der Waals surface area contributed by atoms with Gasteiger partial charge in [-0.1, -0.05) is 37.5 Å². The molecular formula is C15H19NS. The van der Waals surface area contributed by atoms with E-state index >= 15 is 0 Å². The van der Waals surface area contributed by atoms with Crippen molar-refractivity contribution in [3.8, 4) is 0 Å². The number of thiophene rings is 1. The molecule has 1 aromatic carbocycles. The highest BCUT2D eigenvalue weighted by Gasteiger charge is 2.20. The third-order valence-corrected chi connectivity index (χ3v) is 4.92. The second-order valence-electron chi connectivity index (χ2n) is 5.25. The van der Waals surface area contributed by atoms with Gasteiger partial charge in [-0.15, -0.1) is 11.3 Å². The average molecular weight is 245 g/mol. The summed E-state index contributed by atoms with van der Waals surface area (Å²) in [5, 5.41) is 3.69. The van der Waals surface area contributed by atoms with Gasteiger partial charge in [0.05, 0.1) is 0 Å². The summed E-state index contributed by atoms with van der Waals surface area (Å²) in [5.74, 6) is 0.912. The Bertz CT molecular complexity index is 498. The molecule has 1 atom stereocenters. The van der Waals surface area contributed by atoms with Gasteiger partial charge >= 0.3 is 0 Å². The quantitative estimate of drug-likeness (QED) is 0.867. The van der Waals surface area contributed by atoms with Crippen molar-refractivity contribution < 1.29 is 0 Å². The maximum absolute atomic E-state index is 6.27. The third-order valence-electron chi connectivity index (χ3n) is 3.90. The first-order valence-electron chi connectivity index (χ1n) is 6.53. The van der Waals surface area contributed by atoms with Crippen molar-refractivity contribution in [2.75, 3.05) is 0 Å². The average Bonchev–Trinajstić information content (AvgIpc) is 2.68. The summed E-state index contributed by atoms with van der Waals surface area (Å²) in [6.45, 7) is 0. The standard InChI is InChI=1S/C15H19NS/c16-13(8-11-4-3-5-11)9-12-10-17-15-7-2-1-6-14(12)15/h1-2,6-7,10-11,13H,3-5,8-9,16H2. The lowest BCUT2D eigenvalue weighted by Crippen LogP contribution is -2.28. The van der Waals surface area contributed by atoms with Gasteiger partial charge in [0.2, 0.25) is 0 Å².